The highest BCUT2D eigenvalue weighted by Gasteiger charge is 2.05. The molecule has 98 valence electrons. The molecule has 0 aliphatic heterocycles. The van der Waals surface area contributed by atoms with Crippen molar-refractivity contribution in [2.45, 2.75) is 0 Å². The Morgan fingerprint density at radius 2 is 1.74 bits per heavy atom. The maximum Gasteiger partial charge on any atom is 0.269 e. The molecule has 0 aliphatic rings. The Bertz CT molecular complexity index is 579. The van der Waals surface area contributed by atoms with Crippen molar-refractivity contribution in [1.29, 1.82) is 0 Å². The number of ether oxygens (including phenoxy) is 1. The van der Waals surface area contributed by atoms with Crippen molar-refractivity contribution in [1.82, 2.24) is 0 Å². The Morgan fingerprint density at radius 3 is 2.32 bits per heavy atom. The normalized spacial score (nSPS) is 10.0. The monoisotopic (exact) mass is 258 g/mol. The van der Waals surface area contributed by atoms with Crippen LogP contribution in [0.25, 0.3) is 0 Å². The Balaban J connectivity index is 2.16. The summed E-state index contributed by atoms with van der Waals surface area (Å²) in [5.41, 5.74) is 1.08. The number of nitrogens with zero attached hydrogens (tertiary/aromatic N) is 2. The molecule has 0 saturated carbocycles. The summed E-state index contributed by atoms with van der Waals surface area (Å²) in [7, 11) is 3.90. The molecule has 2 rings (SSSR count). The van der Waals surface area contributed by atoms with Gasteiger partial charge in [-0.3, -0.25) is 10.1 Å². The second-order valence-corrected chi connectivity index (χ2v) is 4.24. The third kappa shape index (κ3) is 3.22. The minimum Gasteiger partial charge on any atom is -0.457 e. The van der Waals surface area contributed by atoms with Gasteiger partial charge >= 0.3 is 0 Å². The minimum absolute atomic E-state index is 0.0504. The van der Waals surface area contributed by atoms with Crippen LogP contribution in [-0.4, -0.2) is 19.0 Å². The number of hydrogen-bond donors (Lipinski definition) is 0. The van der Waals surface area contributed by atoms with E-state index < -0.39 is 4.92 Å². The van der Waals surface area contributed by atoms with E-state index in [1.54, 1.807) is 12.1 Å². The van der Waals surface area contributed by atoms with Crippen molar-refractivity contribution in [2.24, 2.45) is 0 Å². The molecule has 0 amide bonds. The number of non-ortho nitro benzene ring substituents is 1. The fourth-order valence-electron chi connectivity index (χ4n) is 1.60. The summed E-state index contributed by atoms with van der Waals surface area (Å²) in [6.45, 7) is 0. The fourth-order valence-corrected chi connectivity index (χ4v) is 1.60. The van der Waals surface area contributed by atoms with Crippen LogP contribution in [0.15, 0.2) is 48.5 Å². The molecule has 2 aromatic rings. The zero-order valence-corrected chi connectivity index (χ0v) is 10.7. The lowest BCUT2D eigenvalue weighted by molar-refractivity contribution is -0.384. The highest BCUT2D eigenvalue weighted by Crippen LogP contribution is 2.26. The van der Waals surface area contributed by atoms with Crippen LogP contribution in [0.4, 0.5) is 11.4 Å². The van der Waals surface area contributed by atoms with E-state index in [2.05, 4.69) is 0 Å². The first-order valence-corrected chi connectivity index (χ1v) is 5.76. The number of nitro benzene ring substituents is 1. The predicted octanol–water partition coefficient (Wildman–Crippen LogP) is 3.45. The third-order valence-corrected chi connectivity index (χ3v) is 2.62. The summed E-state index contributed by atoms with van der Waals surface area (Å²) < 4.78 is 5.65. The quantitative estimate of drug-likeness (QED) is 0.622. The van der Waals surface area contributed by atoms with Crippen LogP contribution < -0.4 is 9.64 Å². The molecule has 0 bridgehead atoms. The molecule has 0 saturated heterocycles. The molecule has 5 nitrogen and oxygen atoms in total. The van der Waals surface area contributed by atoms with E-state index >= 15 is 0 Å². The van der Waals surface area contributed by atoms with Crippen molar-refractivity contribution in [2.75, 3.05) is 19.0 Å². The van der Waals surface area contributed by atoms with E-state index in [0.29, 0.717) is 11.5 Å². The molecule has 0 N–H and O–H groups in total. The van der Waals surface area contributed by atoms with Crippen molar-refractivity contribution in [3.8, 4) is 11.5 Å². The van der Waals surface area contributed by atoms with Gasteiger partial charge in [0.25, 0.3) is 5.69 Å². The van der Waals surface area contributed by atoms with E-state index in [1.165, 1.54) is 12.1 Å². The van der Waals surface area contributed by atoms with Crippen LogP contribution in [-0.2, 0) is 0 Å². The molecule has 0 atom stereocenters. The molecule has 5 heteroatoms. The van der Waals surface area contributed by atoms with Gasteiger partial charge in [-0.2, -0.15) is 0 Å². The Labute approximate surface area is 111 Å². The zero-order valence-electron chi connectivity index (χ0n) is 10.7. The van der Waals surface area contributed by atoms with E-state index in [-0.39, 0.29) is 5.69 Å². The maximum atomic E-state index is 10.5. The molecule has 0 aliphatic carbocycles. The molecule has 0 fully saturated rings. The number of benzene rings is 2. The standard InChI is InChI=1S/C14H14N2O3/c1-15(2)12-4-3-5-14(10-12)19-13-8-6-11(7-9-13)16(17)18/h3-10H,1-2H3. The topological polar surface area (TPSA) is 55.6 Å². The van der Waals surface area contributed by atoms with Crippen LogP contribution in [0, 0.1) is 10.1 Å². The minimum atomic E-state index is -0.434. The smallest absolute Gasteiger partial charge is 0.269 e. The van der Waals surface area contributed by atoms with Crippen molar-refractivity contribution >= 4 is 11.4 Å². The molecular formula is C14H14N2O3. The average Bonchev–Trinajstić information content (AvgIpc) is 2.39. The third-order valence-electron chi connectivity index (χ3n) is 2.62. The lowest BCUT2D eigenvalue weighted by atomic mass is 10.2. The van der Waals surface area contributed by atoms with Crippen LogP contribution in [0.3, 0.4) is 0 Å². The lowest BCUT2D eigenvalue weighted by Gasteiger charge is -2.13. The number of anilines is 1. The van der Waals surface area contributed by atoms with E-state index in [0.717, 1.165) is 5.69 Å². The number of nitro groups is 1. The summed E-state index contributed by atoms with van der Waals surface area (Å²) >= 11 is 0. The summed E-state index contributed by atoms with van der Waals surface area (Å²) in [6.07, 6.45) is 0. The summed E-state index contributed by atoms with van der Waals surface area (Å²) in [5, 5.41) is 10.5. The van der Waals surface area contributed by atoms with Gasteiger partial charge in [0.1, 0.15) is 11.5 Å². The Hall–Kier alpha value is -2.56. The largest absolute Gasteiger partial charge is 0.457 e. The number of rotatable bonds is 4. The SMILES string of the molecule is CN(C)c1cccc(Oc2ccc([N+](=O)[O-])cc2)c1. The van der Waals surface area contributed by atoms with E-state index in [1.807, 2.05) is 43.3 Å². The molecule has 0 spiro atoms. The Morgan fingerprint density at radius 1 is 1.05 bits per heavy atom. The molecule has 0 heterocycles. The molecule has 2 aromatic carbocycles. The van der Waals surface area contributed by atoms with Gasteiger partial charge in [-0.15, -0.1) is 0 Å². The first-order valence-electron chi connectivity index (χ1n) is 5.76. The molecule has 0 aromatic heterocycles. The van der Waals surface area contributed by atoms with Crippen LogP contribution in [0.1, 0.15) is 0 Å². The van der Waals surface area contributed by atoms with Gasteiger partial charge in [0.15, 0.2) is 0 Å². The average molecular weight is 258 g/mol. The van der Waals surface area contributed by atoms with Crippen molar-refractivity contribution in [3.63, 3.8) is 0 Å². The van der Waals surface area contributed by atoms with Gasteiger partial charge in [0, 0.05) is 38.0 Å². The summed E-state index contributed by atoms with van der Waals surface area (Å²) in [5.74, 6) is 1.27. The van der Waals surface area contributed by atoms with Crippen LogP contribution in [0.5, 0.6) is 11.5 Å². The molecule has 0 unspecified atom stereocenters. The molecule has 19 heavy (non-hydrogen) atoms. The van der Waals surface area contributed by atoms with Gasteiger partial charge in [0.2, 0.25) is 0 Å². The van der Waals surface area contributed by atoms with Crippen LogP contribution >= 0.6 is 0 Å². The second-order valence-electron chi connectivity index (χ2n) is 4.24. The molecular weight excluding hydrogens is 244 g/mol. The van der Waals surface area contributed by atoms with Crippen molar-refractivity contribution in [3.05, 3.63) is 58.6 Å². The molecule has 0 radical (unpaired) electrons. The summed E-state index contributed by atoms with van der Waals surface area (Å²) in [4.78, 5) is 12.1. The van der Waals surface area contributed by atoms with Crippen LogP contribution in [0.2, 0.25) is 0 Å². The first-order chi connectivity index (χ1) is 9.06. The van der Waals surface area contributed by atoms with Crippen molar-refractivity contribution < 1.29 is 9.66 Å². The fraction of sp³-hybridized carbons (Fsp3) is 0.143. The first kappa shape index (κ1) is 12.9. The van der Waals surface area contributed by atoms with Gasteiger partial charge < -0.3 is 9.64 Å². The number of hydrogen-bond acceptors (Lipinski definition) is 4. The van der Waals surface area contributed by atoms with E-state index in [4.69, 9.17) is 4.74 Å². The Kier molecular flexibility index (Phi) is 3.66. The second kappa shape index (κ2) is 5.39. The lowest BCUT2D eigenvalue weighted by Crippen LogP contribution is -2.08. The predicted molar refractivity (Wildman–Crippen MR) is 73.9 cm³/mol. The highest BCUT2D eigenvalue weighted by atomic mass is 16.6. The zero-order chi connectivity index (χ0) is 13.8. The maximum absolute atomic E-state index is 10.5. The highest BCUT2D eigenvalue weighted by molar-refractivity contribution is 5.50. The van der Waals surface area contributed by atoms with Gasteiger partial charge in [-0.25, -0.2) is 0 Å². The van der Waals surface area contributed by atoms with Gasteiger partial charge in [-0.1, -0.05) is 6.07 Å². The van der Waals surface area contributed by atoms with E-state index in [9.17, 15) is 10.1 Å². The van der Waals surface area contributed by atoms with Gasteiger partial charge in [0.05, 0.1) is 4.92 Å². The summed E-state index contributed by atoms with van der Waals surface area (Å²) in [6, 6.07) is 13.6. The van der Waals surface area contributed by atoms with Gasteiger partial charge in [-0.05, 0) is 24.3 Å².